The van der Waals surface area contributed by atoms with Gasteiger partial charge in [-0.1, -0.05) is 18.2 Å². The fourth-order valence-corrected chi connectivity index (χ4v) is 4.84. The minimum Gasteiger partial charge on any atom is -0.463 e. The second kappa shape index (κ2) is 7.07. The number of rotatable bonds is 5. The molecule has 0 saturated heterocycles. The molecule has 2 heterocycles. The van der Waals surface area contributed by atoms with E-state index in [1.54, 1.807) is 6.07 Å². The molecule has 0 bridgehead atoms. The number of β-amino-alcohol motifs (C(OH)–C–C–N with tert-alkyl or cyclic N) is 1. The third-order valence-corrected chi connectivity index (χ3v) is 6.28. The summed E-state index contributed by atoms with van der Waals surface area (Å²) in [6.45, 7) is 5.28. The lowest BCUT2D eigenvalue weighted by molar-refractivity contribution is -0.873. The SMILES string of the molecule is CC1(C)c2ccccc2N(CC(O)C[N+](C)(C)C)C12C=Cc1cc([N+](=O)[O-])ccc1O2. The minimum absolute atomic E-state index is 0.0344. The number of likely N-dealkylation sites (N-methyl/N-ethyl adjacent to an activating group) is 1. The fraction of sp³-hybridized carbons (Fsp3) is 0.417. The highest BCUT2D eigenvalue weighted by atomic mass is 16.6. The number of hydrogen-bond acceptors (Lipinski definition) is 5. The average Bonchev–Trinajstić information content (AvgIpc) is 2.85. The Labute approximate surface area is 182 Å². The van der Waals surface area contributed by atoms with Crippen LogP contribution in [0.3, 0.4) is 0 Å². The molecule has 0 aromatic heterocycles. The van der Waals surface area contributed by atoms with Crippen molar-refractivity contribution in [3.05, 3.63) is 69.8 Å². The molecule has 7 nitrogen and oxygen atoms in total. The van der Waals surface area contributed by atoms with E-state index in [1.807, 2.05) is 24.3 Å². The highest BCUT2D eigenvalue weighted by Gasteiger charge is 2.59. The van der Waals surface area contributed by atoms with Gasteiger partial charge in [0.05, 0.1) is 38.0 Å². The average molecular weight is 425 g/mol. The molecular formula is C24H30N3O4+. The molecule has 0 amide bonds. The van der Waals surface area contributed by atoms with E-state index in [9.17, 15) is 15.2 Å². The number of nitro benzene ring substituents is 1. The van der Waals surface area contributed by atoms with Gasteiger partial charge >= 0.3 is 0 Å². The van der Waals surface area contributed by atoms with Gasteiger partial charge in [0, 0.05) is 23.4 Å². The van der Waals surface area contributed by atoms with E-state index in [0.717, 1.165) is 11.3 Å². The van der Waals surface area contributed by atoms with Crippen LogP contribution < -0.4 is 9.64 Å². The van der Waals surface area contributed by atoms with Gasteiger partial charge in [-0.05, 0) is 43.7 Å². The number of benzene rings is 2. The Bertz CT molecular complexity index is 1060. The Kier molecular flexibility index (Phi) is 4.87. The van der Waals surface area contributed by atoms with Crippen LogP contribution in [-0.4, -0.2) is 60.6 Å². The Morgan fingerprint density at radius 1 is 1.19 bits per heavy atom. The number of fused-ring (bicyclic) bond motifs is 2. The second-order valence-corrected chi connectivity index (χ2v) is 9.99. The quantitative estimate of drug-likeness (QED) is 0.451. The highest BCUT2D eigenvalue weighted by Crippen LogP contribution is 2.55. The van der Waals surface area contributed by atoms with E-state index in [2.05, 4.69) is 52.0 Å². The van der Waals surface area contributed by atoms with Gasteiger partial charge in [-0.2, -0.15) is 0 Å². The largest absolute Gasteiger partial charge is 0.463 e. The van der Waals surface area contributed by atoms with E-state index in [4.69, 9.17) is 4.74 Å². The number of ether oxygens (including phenoxy) is 1. The lowest BCUT2D eigenvalue weighted by atomic mass is 9.76. The second-order valence-electron chi connectivity index (χ2n) is 9.99. The maximum absolute atomic E-state index is 11.2. The number of nitro groups is 1. The highest BCUT2D eigenvalue weighted by molar-refractivity contribution is 5.73. The molecule has 7 heteroatoms. The summed E-state index contributed by atoms with van der Waals surface area (Å²) < 4.78 is 7.31. The molecule has 2 atom stereocenters. The van der Waals surface area contributed by atoms with Crippen molar-refractivity contribution in [1.82, 2.24) is 0 Å². The first kappa shape index (κ1) is 21.3. The van der Waals surface area contributed by atoms with Crippen molar-refractivity contribution in [3.8, 4) is 5.75 Å². The molecule has 0 aliphatic carbocycles. The monoisotopic (exact) mass is 424 g/mol. The molecule has 4 rings (SSSR count). The number of hydrogen-bond donors (Lipinski definition) is 1. The van der Waals surface area contributed by atoms with Crippen LogP contribution in [0.25, 0.3) is 6.08 Å². The van der Waals surface area contributed by atoms with Gasteiger partial charge in [-0.25, -0.2) is 0 Å². The van der Waals surface area contributed by atoms with Crippen LogP contribution in [0.1, 0.15) is 25.0 Å². The van der Waals surface area contributed by atoms with Gasteiger partial charge in [0.1, 0.15) is 18.4 Å². The summed E-state index contributed by atoms with van der Waals surface area (Å²) in [5.74, 6) is 0.597. The Balaban J connectivity index is 1.79. The predicted molar refractivity (Wildman–Crippen MR) is 121 cm³/mol. The number of aliphatic hydroxyl groups is 1. The van der Waals surface area contributed by atoms with Crippen molar-refractivity contribution in [2.75, 3.05) is 39.1 Å². The lowest BCUT2D eigenvalue weighted by Gasteiger charge is -2.47. The molecule has 31 heavy (non-hydrogen) atoms. The van der Waals surface area contributed by atoms with Gasteiger partial charge in [-0.15, -0.1) is 0 Å². The van der Waals surface area contributed by atoms with E-state index in [0.29, 0.717) is 28.9 Å². The fourth-order valence-electron chi connectivity index (χ4n) is 4.84. The van der Waals surface area contributed by atoms with Gasteiger partial charge < -0.3 is 19.2 Å². The van der Waals surface area contributed by atoms with E-state index in [-0.39, 0.29) is 5.69 Å². The lowest BCUT2D eigenvalue weighted by Crippen LogP contribution is -2.61. The normalized spacial score (nSPS) is 22.1. The zero-order chi connectivity index (χ0) is 22.6. The number of quaternary nitrogens is 1. The van der Waals surface area contributed by atoms with Crippen LogP contribution in [0, 0.1) is 10.1 Å². The van der Waals surface area contributed by atoms with Gasteiger partial charge in [0.2, 0.25) is 5.72 Å². The summed E-state index contributed by atoms with van der Waals surface area (Å²) in [5.41, 5.74) is 1.61. The number of anilines is 1. The standard InChI is InChI=1S/C24H30N3O4/c1-23(2)20-8-6-7-9-21(20)25(15-19(28)16-27(3,4)5)24(23)13-12-17-14-18(26(29)30)10-11-22(17)31-24/h6-14,19,28H,15-16H2,1-5H3/q+1. The van der Waals surface area contributed by atoms with E-state index in [1.165, 1.54) is 12.1 Å². The smallest absolute Gasteiger partial charge is 0.270 e. The van der Waals surface area contributed by atoms with Crippen LogP contribution in [-0.2, 0) is 5.41 Å². The molecule has 1 spiro atoms. The first-order valence-corrected chi connectivity index (χ1v) is 10.5. The molecule has 2 unspecified atom stereocenters. The van der Waals surface area contributed by atoms with Crippen LogP contribution >= 0.6 is 0 Å². The van der Waals surface area contributed by atoms with E-state index >= 15 is 0 Å². The molecule has 1 N–H and O–H groups in total. The number of para-hydroxylation sites is 1. The maximum Gasteiger partial charge on any atom is 0.270 e. The zero-order valence-electron chi connectivity index (χ0n) is 18.7. The molecular weight excluding hydrogens is 394 g/mol. The van der Waals surface area contributed by atoms with Crippen molar-refractivity contribution < 1.29 is 19.2 Å². The Morgan fingerprint density at radius 3 is 2.58 bits per heavy atom. The summed E-state index contributed by atoms with van der Waals surface area (Å²) in [5, 5.41) is 22.1. The summed E-state index contributed by atoms with van der Waals surface area (Å²) in [6, 6.07) is 12.8. The molecule has 164 valence electrons. The number of nitrogens with zero attached hydrogens (tertiary/aromatic N) is 3. The van der Waals surface area contributed by atoms with Crippen molar-refractivity contribution in [2.45, 2.75) is 31.1 Å². The Morgan fingerprint density at radius 2 is 1.90 bits per heavy atom. The van der Waals surface area contributed by atoms with Crippen LogP contribution in [0.4, 0.5) is 11.4 Å². The topological polar surface area (TPSA) is 75.8 Å². The first-order valence-electron chi connectivity index (χ1n) is 10.5. The molecule has 2 aromatic carbocycles. The Hall–Kier alpha value is -2.90. The summed E-state index contributed by atoms with van der Waals surface area (Å²) in [6.07, 6.45) is 3.32. The van der Waals surface area contributed by atoms with Crippen molar-refractivity contribution in [1.29, 1.82) is 0 Å². The molecule has 0 fully saturated rings. The van der Waals surface area contributed by atoms with Gasteiger partial charge in [0.25, 0.3) is 5.69 Å². The van der Waals surface area contributed by atoms with Crippen molar-refractivity contribution in [3.63, 3.8) is 0 Å². The summed E-state index contributed by atoms with van der Waals surface area (Å²) in [7, 11) is 6.17. The molecule has 2 aromatic rings. The molecule has 2 aliphatic heterocycles. The van der Waals surface area contributed by atoms with Gasteiger partial charge in [0.15, 0.2) is 0 Å². The molecule has 2 aliphatic rings. The van der Waals surface area contributed by atoms with Crippen LogP contribution in [0.5, 0.6) is 5.75 Å². The maximum atomic E-state index is 11.2. The van der Waals surface area contributed by atoms with Crippen molar-refractivity contribution >= 4 is 17.5 Å². The first-order chi connectivity index (χ1) is 14.4. The van der Waals surface area contributed by atoms with Crippen LogP contribution in [0.15, 0.2) is 48.5 Å². The molecule has 0 radical (unpaired) electrons. The summed E-state index contributed by atoms with van der Waals surface area (Å²) >= 11 is 0. The molecule has 0 saturated carbocycles. The van der Waals surface area contributed by atoms with Crippen molar-refractivity contribution in [2.24, 2.45) is 0 Å². The summed E-state index contributed by atoms with van der Waals surface area (Å²) in [4.78, 5) is 12.9. The predicted octanol–water partition coefficient (Wildman–Crippen LogP) is 3.56. The minimum atomic E-state index is -0.855. The van der Waals surface area contributed by atoms with E-state index < -0.39 is 22.2 Å². The van der Waals surface area contributed by atoms with Gasteiger partial charge in [-0.3, -0.25) is 10.1 Å². The third-order valence-electron chi connectivity index (χ3n) is 6.28. The number of non-ortho nitro benzene ring substituents is 1. The zero-order valence-corrected chi connectivity index (χ0v) is 18.7. The van der Waals surface area contributed by atoms with Crippen LogP contribution in [0.2, 0.25) is 0 Å². The number of aliphatic hydroxyl groups excluding tert-OH is 1. The third kappa shape index (κ3) is 3.47.